The molecule has 0 atom stereocenters. The van der Waals surface area contributed by atoms with E-state index in [-0.39, 0.29) is 31.9 Å². The first-order valence-corrected chi connectivity index (χ1v) is 29.4. The Morgan fingerprint density at radius 2 is 1.14 bits per heavy atom. The number of hydrogen-bond acceptors (Lipinski definition) is 3. The third-order valence-electron chi connectivity index (χ3n) is 14.2. The number of furan rings is 1. The normalized spacial score (nSPS) is 12.3. The zero-order chi connectivity index (χ0) is 54.3. The first kappa shape index (κ1) is 47.9. The number of nitrogens with zero attached hydrogens (tertiary/aromatic N) is 3. The van der Waals surface area contributed by atoms with Crippen molar-refractivity contribution in [2.24, 2.45) is 0 Å². The molecule has 0 saturated carbocycles. The van der Waals surface area contributed by atoms with E-state index in [9.17, 15) is 0 Å². The summed E-state index contributed by atoms with van der Waals surface area (Å²) in [6.07, 6.45) is 1.83. The second-order valence-corrected chi connectivity index (χ2v) is 26.1. The summed E-state index contributed by atoms with van der Waals surface area (Å²) in [6.45, 7) is 13.9. The molecule has 9 aromatic carbocycles. The number of benzene rings is 9. The maximum absolute atomic E-state index is 7.86. The second-order valence-electron chi connectivity index (χ2n) is 21.0. The third kappa shape index (κ3) is 10.3. The summed E-state index contributed by atoms with van der Waals surface area (Å²) < 4.78 is 32.7. The Morgan fingerprint density at radius 1 is 0.566 bits per heavy atom. The quantitative estimate of drug-likeness (QED) is 0.101. The molecule has 0 fully saturated rings. The van der Waals surface area contributed by atoms with Crippen molar-refractivity contribution >= 4 is 46.2 Å². The Bertz CT molecular complexity index is 4080. The van der Waals surface area contributed by atoms with E-state index >= 15 is 0 Å². The van der Waals surface area contributed by atoms with Crippen LogP contribution >= 0.6 is 0 Å². The molecule has 4 nitrogen and oxygen atoms in total. The van der Waals surface area contributed by atoms with Crippen molar-refractivity contribution in [2.45, 2.75) is 66.0 Å². The van der Waals surface area contributed by atoms with Crippen LogP contribution in [0.15, 0.2) is 217 Å². The maximum Gasteiger partial charge on any atom is 0.121 e. The summed E-state index contributed by atoms with van der Waals surface area (Å²) in [7, 11) is -1.46. The number of imidazole rings is 1. The van der Waals surface area contributed by atoms with Crippen molar-refractivity contribution < 1.29 is 28.6 Å². The monoisotopic (exact) mass is 1180 g/mol. The molecule has 0 spiro atoms. The Balaban J connectivity index is 0.000000220. The standard InChI is InChI=1S/C49H39N2O.C21H22NSi.Ir/c1-31(2)42-28-38(36-24-22-35(23-25-36)33-14-7-5-8-15-33)29-43(32(3)4)47(42)51-45-21-12-11-20-44(45)50-49(51)41-19-13-18-40-39-27-26-37(30-46(39)52-48(40)41)34-16-9-6-10-17-34;1-16-10-11-18(14-20(16)17-8-6-5-7-9-17)21-15-19(12-13-22-21)23(2,3)4;/h5-18,20-32H,1-4H3;5-10,12-15H,1-4H3;/q2*-1;/i;1D3;. The van der Waals surface area contributed by atoms with Gasteiger partial charge in [0.2, 0.25) is 0 Å². The van der Waals surface area contributed by atoms with E-state index in [1.165, 1.54) is 44.3 Å². The topological polar surface area (TPSA) is 43.9 Å². The summed E-state index contributed by atoms with van der Waals surface area (Å²) in [5.74, 6) is 1.35. The summed E-state index contributed by atoms with van der Waals surface area (Å²) in [5.41, 5.74) is 19.0. The zero-order valence-electron chi connectivity index (χ0n) is 46.9. The number of para-hydroxylation sites is 2. The van der Waals surface area contributed by atoms with Crippen molar-refractivity contribution in [3.8, 4) is 72.8 Å². The summed E-state index contributed by atoms with van der Waals surface area (Å²) in [6, 6.07) is 77.9. The van der Waals surface area contributed by atoms with Crippen LogP contribution in [-0.2, 0) is 20.1 Å². The summed E-state index contributed by atoms with van der Waals surface area (Å²) >= 11 is 0. The molecular formula is C70H61IrN3OSi-2. The maximum atomic E-state index is 7.86. The van der Waals surface area contributed by atoms with Crippen LogP contribution in [0, 0.1) is 19.0 Å². The number of aryl methyl sites for hydroxylation is 1. The molecule has 0 aliphatic rings. The number of fused-ring (bicyclic) bond motifs is 4. The van der Waals surface area contributed by atoms with Gasteiger partial charge < -0.3 is 14.0 Å². The minimum absolute atomic E-state index is 0. The Morgan fingerprint density at radius 3 is 1.78 bits per heavy atom. The summed E-state index contributed by atoms with van der Waals surface area (Å²) in [5, 5.41) is 3.46. The molecule has 1 radical (unpaired) electrons. The second kappa shape index (κ2) is 21.9. The van der Waals surface area contributed by atoms with Crippen molar-refractivity contribution in [3.05, 3.63) is 241 Å². The minimum atomic E-state index is -2.19. The average Bonchev–Trinajstić information content (AvgIpc) is 4.17. The molecule has 0 aliphatic carbocycles. The third-order valence-corrected chi connectivity index (χ3v) is 16.3. The van der Waals surface area contributed by atoms with Crippen LogP contribution in [0.2, 0.25) is 19.6 Å². The van der Waals surface area contributed by atoms with Gasteiger partial charge in [-0.15, -0.1) is 47.5 Å². The van der Waals surface area contributed by atoms with Gasteiger partial charge in [0.1, 0.15) is 5.58 Å². The van der Waals surface area contributed by atoms with E-state index in [0.29, 0.717) is 11.1 Å². The van der Waals surface area contributed by atoms with Gasteiger partial charge in [0.15, 0.2) is 0 Å². The molecule has 0 unspecified atom stereocenters. The van der Waals surface area contributed by atoms with Gasteiger partial charge in [-0.05, 0) is 104 Å². The number of rotatable bonds is 10. The van der Waals surface area contributed by atoms with Gasteiger partial charge in [0.25, 0.3) is 0 Å². The Kier molecular flexibility index (Phi) is 13.8. The molecule has 12 aromatic rings. The molecule has 76 heavy (non-hydrogen) atoms. The fraction of sp³-hybridized carbons (Fsp3) is 0.143. The largest absolute Gasteiger partial charge is 0.501 e. The molecule has 3 heterocycles. The van der Waals surface area contributed by atoms with E-state index in [4.69, 9.17) is 13.5 Å². The average molecular weight is 1180 g/mol. The fourth-order valence-electron chi connectivity index (χ4n) is 10.1. The van der Waals surface area contributed by atoms with E-state index in [1.54, 1.807) is 6.07 Å². The Labute approximate surface area is 466 Å². The Hall–Kier alpha value is -7.73. The van der Waals surface area contributed by atoms with Crippen molar-refractivity contribution in [3.63, 3.8) is 0 Å². The van der Waals surface area contributed by atoms with Crippen LogP contribution in [0.1, 0.15) is 60.3 Å². The SMILES string of the molecule is CC(C)c1cc(-c2ccc(-c3ccccc3)cc2)cc(C(C)C)c1-n1c(-c2[c-]ccc3c2oc2cc(-c4ccccc4)ccc23)nc2ccccc21.[2H]C([2H])([2H])c1c[c-]c(-c2cc([Si](C)(C)C)ccn2)cc1-c1ccccc1.[Ir]. The van der Waals surface area contributed by atoms with Crippen LogP contribution in [-0.4, -0.2) is 22.6 Å². The van der Waals surface area contributed by atoms with Crippen molar-refractivity contribution in [1.82, 2.24) is 14.5 Å². The first-order valence-electron chi connectivity index (χ1n) is 27.4. The predicted octanol–water partition coefficient (Wildman–Crippen LogP) is 18.7. The zero-order valence-corrected chi connectivity index (χ0v) is 47.3. The molecule has 0 N–H and O–H groups in total. The van der Waals surface area contributed by atoms with Crippen LogP contribution in [0.25, 0.3) is 106 Å². The van der Waals surface area contributed by atoms with E-state index in [2.05, 4.69) is 221 Å². The van der Waals surface area contributed by atoms with Gasteiger partial charge >= 0.3 is 0 Å². The van der Waals surface area contributed by atoms with Gasteiger partial charge in [-0.2, -0.15) is 0 Å². The van der Waals surface area contributed by atoms with E-state index in [0.717, 1.165) is 72.3 Å². The minimum Gasteiger partial charge on any atom is -0.501 e. The molecule has 0 saturated heterocycles. The molecule has 0 amide bonds. The van der Waals surface area contributed by atoms with Crippen LogP contribution in [0.3, 0.4) is 0 Å². The molecule has 3 aromatic heterocycles. The fourth-order valence-corrected chi connectivity index (χ4v) is 11.3. The molecule has 377 valence electrons. The number of aromatic nitrogens is 3. The van der Waals surface area contributed by atoms with Crippen LogP contribution in [0.5, 0.6) is 0 Å². The van der Waals surface area contributed by atoms with Gasteiger partial charge in [-0.1, -0.05) is 221 Å². The van der Waals surface area contributed by atoms with Crippen molar-refractivity contribution in [1.29, 1.82) is 0 Å². The molecule has 12 rings (SSSR count). The summed E-state index contributed by atoms with van der Waals surface area (Å²) in [4.78, 5) is 9.84. The van der Waals surface area contributed by atoms with Crippen molar-refractivity contribution in [2.75, 3.05) is 0 Å². The van der Waals surface area contributed by atoms with Gasteiger partial charge in [-0.25, -0.2) is 0 Å². The van der Waals surface area contributed by atoms with Crippen LogP contribution in [0.4, 0.5) is 0 Å². The molecule has 0 bridgehead atoms. The molecule has 6 heteroatoms. The van der Waals surface area contributed by atoms with E-state index < -0.39 is 14.9 Å². The first-order chi connectivity index (χ1) is 37.6. The van der Waals surface area contributed by atoms with Gasteiger partial charge in [0.05, 0.1) is 30.5 Å². The predicted molar refractivity (Wildman–Crippen MR) is 319 cm³/mol. The van der Waals surface area contributed by atoms with Gasteiger partial charge in [0, 0.05) is 41.5 Å². The molecular weight excluding hydrogens is 1120 g/mol. The van der Waals surface area contributed by atoms with Gasteiger partial charge in [-0.3, -0.25) is 4.98 Å². The number of hydrogen-bond donors (Lipinski definition) is 0. The van der Waals surface area contributed by atoms with E-state index in [1.807, 2.05) is 54.7 Å². The smallest absolute Gasteiger partial charge is 0.121 e. The van der Waals surface area contributed by atoms with Crippen LogP contribution < -0.4 is 5.19 Å². The number of pyridine rings is 1. The molecule has 0 aliphatic heterocycles.